The Labute approximate surface area is 161 Å². The summed E-state index contributed by atoms with van der Waals surface area (Å²) in [6.07, 6.45) is 1.54. The molecule has 1 amide bonds. The third kappa shape index (κ3) is 3.19. The summed E-state index contributed by atoms with van der Waals surface area (Å²) >= 11 is 0. The van der Waals surface area contributed by atoms with Crippen LogP contribution in [0.3, 0.4) is 0 Å². The lowest BCUT2D eigenvalue weighted by Gasteiger charge is -2.32. The second-order valence-corrected chi connectivity index (χ2v) is 8.35. The van der Waals surface area contributed by atoms with Crippen LogP contribution in [0.25, 0.3) is 11.1 Å². The molecule has 1 aliphatic heterocycles. The fraction of sp³-hybridized carbons (Fsp3) is 0.158. The van der Waals surface area contributed by atoms with E-state index in [2.05, 4.69) is 9.97 Å². The van der Waals surface area contributed by atoms with Gasteiger partial charge < -0.3 is 4.98 Å². The number of hydroxylamine groups is 1. The van der Waals surface area contributed by atoms with Crippen LogP contribution in [0.1, 0.15) is 11.4 Å². The van der Waals surface area contributed by atoms with E-state index in [4.69, 9.17) is 5.21 Å². The van der Waals surface area contributed by atoms with E-state index in [1.807, 2.05) is 30.3 Å². The van der Waals surface area contributed by atoms with Crippen LogP contribution in [0.5, 0.6) is 0 Å². The van der Waals surface area contributed by atoms with Crippen LogP contribution in [0.15, 0.2) is 65.8 Å². The molecule has 0 bridgehead atoms. The minimum atomic E-state index is -3.97. The van der Waals surface area contributed by atoms with Crippen molar-refractivity contribution in [2.24, 2.45) is 0 Å². The van der Waals surface area contributed by atoms with Crippen LogP contribution < -0.4 is 5.48 Å². The predicted molar refractivity (Wildman–Crippen MR) is 101 cm³/mol. The van der Waals surface area contributed by atoms with Gasteiger partial charge in [0.05, 0.1) is 29.2 Å². The molecule has 0 saturated heterocycles. The van der Waals surface area contributed by atoms with Crippen molar-refractivity contribution in [2.75, 3.05) is 0 Å². The molecule has 3 N–H and O–H groups in total. The molecule has 1 aliphatic rings. The van der Waals surface area contributed by atoms with Crippen molar-refractivity contribution in [2.45, 2.75) is 23.9 Å². The maximum atomic E-state index is 13.2. The van der Waals surface area contributed by atoms with Crippen molar-refractivity contribution in [3.63, 3.8) is 0 Å². The zero-order valence-corrected chi connectivity index (χ0v) is 15.6. The molecule has 144 valence electrons. The summed E-state index contributed by atoms with van der Waals surface area (Å²) in [4.78, 5) is 19.2. The Bertz CT molecular complexity index is 1090. The van der Waals surface area contributed by atoms with Gasteiger partial charge in [0, 0.05) is 6.42 Å². The number of nitrogens with zero attached hydrogens (tertiary/aromatic N) is 2. The highest BCUT2D eigenvalue weighted by atomic mass is 32.2. The average molecular weight is 398 g/mol. The minimum absolute atomic E-state index is 0.0316. The van der Waals surface area contributed by atoms with Crippen molar-refractivity contribution >= 4 is 15.9 Å². The Morgan fingerprint density at radius 3 is 2.46 bits per heavy atom. The van der Waals surface area contributed by atoms with Gasteiger partial charge in [-0.1, -0.05) is 42.5 Å². The molecule has 1 aromatic heterocycles. The SMILES string of the molecule is O=C(NO)[C@H]1Cc2nc[nH]c2CN1S(=O)(=O)c1ccc(-c2ccccc2)cc1. The second kappa shape index (κ2) is 7.19. The van der Waals surface area contributed by atoms with Gasteiger partial charge >= 0.3 is 0 Å². The number of aromatic nitrogens is 2. The fourth-order valence-electron chi connectivity index (χ4n) is 3.35. The van der Waals surface area contributed by atoms with Gasteiger partial charge in [-0.05, 0) is 23.3 Å². The van der Waals surface area contributed by atoms with Gasteiger partial charge in [0.15, 0.2) is 0 Å². The standard InChI is InChI=1S/C19H18N4O4S/c24-19(22-25)18-10-16-17(21-12-20-16)11-23(18)28(26,27)15-8-6-14(7-9-15)13-4-2-1-3-5-13/h1-9,12,18,25H,10-11H2,(H,20,21)(H,22,24)/t18-/m1/s1. The summed E-state index contributed by atoms with van der Waals surface area (Å²) in [6, 6.07) is 15.0. The second-order valence-electron chi connectivity index (χ2n) is 6.46. The Hall–Kier alpha value is -3.01. The number of amides is 1. The topological polar surface area (TPSA) is 115 Å². The molecule has 4 rings (SSSR count). The lowest BCUT2D eigenvalue weighted by Crippen LogP contribution is -2.51. The van der Waals surface area contributed by atoms with E-state index in [1.165, 1.54) is 18.5 Å². The first-order chi connectivity index (χ1) is 13.5. The van der Waals surface area contributed by atoms with Crippen LogP contribution in [0.4, 0.5) is 0 Å². The number of imidazole rings is 1. The lowest BCUT2D eigenvalue weighted by molar-refractivity contribution is -0.133. The van der Waals surface area contributed by atoms with Crippen LogP contribution in [-0.2, 0) is 27.8 Å². The van der Waals surface area contributed by atoms with E-state index in [0.717, 1.165) is 15.4 Å². The molecule has 2 aromatic carbocycles. The number of hydrogen-bond acceptors (Lipinski definition) is 5. The summed E-state index contributed by atoms with van der Waals surface area (Å²) in [7, 11) is -3.97. The summed E-state index contributed by atoms with van der Waals surface area (Å²) in [5.74, 6) is -0.793. The maximum absolute atomic E-state index is 13.2. The van der Waals surface area contributed by atoms with E-state index < -0.39 is 22.0 Å². The molecule has 0 unspecified atom stereocenters. The molecule has 0 saturated carbocycles. The molecule has 3 aromatic rings. The Morgan fingerprint density at radius 2 is 1.79 bits per heavy atom. The van der Waals surface area contributed by atoms with Crippen LogP contribution >= 0.6 is 0 Å². The van der Waals surface area contributed by atoms with Crippen molar-refractivity contribution in [1.29, 1.82) is 0 Å². The number of benzene rings is 2. The number of rotatable bonds is 4. The van der Waals surface area contributed by atoms with Gasteiger partial charge in [0.1, 0.15) is 6.04 Å². The van der Waals surface area contributed by atoms with Crippen LogP contribution in [0, 0.1) is 0 Å². The average Bonchev–Trinajstić information content (AvgIpc) is 3.20. The molecule has 0 spiro atoms. The van der Waals surface area contributed by atoms with Gasteiger partial charge in [0.25, 0.3) is 5.91 Å². The largest absolute Gasteiger partial charge is 0.347 e. The number of H-pyrrole nitrogens is 1. The number of sulfonamides is 1. The van der Waals surface area contributed by atoms with Gasteiger partial charge in [-0.25, -0.2) is 18.9 Å². The van der Waals surface area contributed by atoms with Crippen molar-refractivity contribution in [3.8, 4) is 11.1 Å². The molecule has 2 heterocycles. The van der Waals surface area contributed by atoms with E-state index in [1.54, 1.807) is 17.6 Å². The van der Waals surface area contributed by atoms with E-state index in [0.29, 0.717) is 11.4 Å². The third-order valence-electron chi connectivity index (χ3n) is 4.84. The fourth-order valence-corrected chi connectivity index (χ4v) is 4.90. The highest BCUT2D eigenvalue weighted by molar-refractivity contribution is 7.89. The zero-order valence-electron chi connectivity index (χ0n) is 14.7. The van der Waals surface area contributed by atoms with Crippen LogP contribution in [-0.4, -0.2) is 39.8 Å². The van der Waals surface area contributed by atoms with Gasteiger partial charge in [-0.3, -0.25) is 10.0 Å². The number of hydrogen-bond donors (Lipinski definition) is 3. The Morgan fingerprint density at radius 1 is 1.11 bits per heavy atom. The Kier molecular flexibility index (Phi) is 4.71. The number of carbonyl (C=O) groups is 1. The molecule has 8 nitrogen and oxygen atoms in total. The molecular formula is C19H18N4O4S. The lowest BCUT2D eigenvalue weighted by atomic mass is 10.1. The summed E-state index contributed by atoms with van der Waals surface area (Å²) < 4.78 is 27.5. The molecule has 9 heteroatoms. The molecular weight excluding hydrogens is 380 g/mol. The summed E-state index contributed by atoms with van der Waals surface area (Å²) in [6.45, 7) is -0.0316. The smallest absolute Gasteiger partial charge is 0.262 e. The number of carbonyl (C=O) groups excluding carboxylic acids is 1. The minimum Gasteiger partial charge on any atom is -0.347 e. The summed E-state index contributed by atoms with van der Waals surface area (Å²) in [5, 5.41) is 9.05. The van der Waals surface area contributed by atoms with Crippen molar-refractivity contribution in [1.82, 2.24) is 19.8 Å². The van der Waals surface area contributed by atoms with E-state index in [-0.39, 0.29) is 17.9 Å². The summed E-state index contributed by atoms with van der Waals surface area (Å²) in [5.41, 5.74) is 4.66. The normalized spacial score (nSPS) is 17.1. The van der Waals surface area contributed by atoms with E-state index >= 15 is 0 Å². The zero-order chi connectivity index (χ0) is 19.7. The molecule has 0 radical (unpaired) electrons. The molecule has 0 fully saturated rings. The first-order valence-electron chi connectivity index (χ1n) is 8.63. The number of fused-ring (bicyclic) bond motifs is 1. The predicted octanol–water partition coefficient (Wildman–Crippen LogP) is 1.70. The quantitative estimate of drug-likeness (QED) is 0.457. The van der Waals surface area contributed by atoms with Gasteiger partial charge in [-0.2, -0.15) is 4.31 Å². The van der Waals surface area contributed by atoms with Gasteiger partial charge in [-0.15, -0.1) is 0 Å². The highest BCUT2D eigenvalue weighted by Gasteiger charge is 2.40. The number of nitrogens with one attached hydrogen (secondary N) is 2. The monoisotopic (exact) mass is 398 g/mol. The molecule has 0 aliphatic carbocycles. The van der Waals surface area contributed by atoms with Crippen molar-refractivity contribution < 1.29 is 18.4 Å². The third-order valence-corrected chi connectivity index (χ3v) is 6.71. The maximum Gasteiger partial charge on any atom is 0.262 e. The van der Waals surface area contributed by atoms with Gasteiger partial charge in [0.2, 0.25) is 10.0 Å². The van der Waals surface area contributed by atoms with E-state index in [9.17, 15) is 13.2 Å². The Balaban J connectivity index is 1.69. The first kappa shape index (κ1) is 18.4. The number of aromatic amines is 1. The highest BCUT2D eigenvalue weighted by Crippen LogP contribution is 2.29. The molecule has 1 atom stereocenters. The first-order valence-corrected chi connectivity index (χ1v) is 10.1. The molecule has 28 heavy (non-hydrogen) atoms. The van der Waals surface area contributed by atoms with Crippen LogP contribution in [0.2, 0.25) is 0 Å². The van der Waals surface area contributed by atoms with Crippen molar-refractivity contribution in [3.05, 3.63) is 72.3 Å².